The van der Waals surface area contributed by atoms with Crippen molar-refractivity contribution in [3.63, 3.8) is 0 Å². The fraction of sp³-hybridized carbons (Fsp3) is 0.800. The minimum absolute atomic E-state index is 0.158. The quantitative estimate of drug-likeness (QED) is 0.641. The molecule has 0 aliphatic rings. The zero-order valence-electron chi connectivity index (χ0n) is 8.50. The molecule has 0 saturated heterocycles. The standard InChI is InChI=1S/C10H20O2/c1-8(2)10(6-11)5-9(3)7-12-4/h5,8-9,11H,6-7H2,1-4H3/b10-5-. The van der Waals surface area contributed by atoms with Gasteiger partial charge in [0.25, 0.3) is 0 Å². The minimum atomic E-state index is 0.158. The zero-order chi connectivity index (χ0) is 9.56. The van der Waals surface area contributed by atoms with Gasteiger partial charge in [0.1, 0.15) is 0 Å². The number of aliphatic hydroxyl groups excluding tert-OH is 1. The Hall–Kier alpha value is -0.340. The Balaban J connectivity index is 4.07. The zero-order valence-corrected chi connectivity index (χ0v) is 8.50. The summed E-state index contributed by atoms with van der Waals surface area (Å²) in [7, 11) is 1.69. The first-order chi connectivity index (χ1) is 5.61. The van der Waals surface area contributed by atoms with Crippen LogP contribution < -0.4 is 0 Å². The molecular weight excluding hydrogens is 152 g/mol. The summed E-state index contributed by atoms with van der Waals surface area (Å²) >= 11 is 0. The van der Waals surface area contributed by atoms with Crippen molar-refractivity contribution >= 4 is 0 Å². The molecule has 0 rings (SSSR count). The second-order valence-electron chi connectivity index (χ2n) is 3.49. The van der Waals surface area contributed by atoms with E-state index >= 15 is 0 Å². The maximum Gasteiger partial charge on any atom is 0.0644 e. The van der Waals surface area contributed by atoms with Gasteiger partial charge in [0.05, 0.1) is 13.2 Å². The molecule has 1 atom stereocenters. The van der Waals surface area contributed by atoms with Crippen LogP contribution >= 0.6 is 0 Å². The van der Waals surface area contributed by atoms with Crippen LogP contribution in [0.3, 0.4) is 0 Å². The second kappa shape index (κ2) is 6.21. The van der Waals surface area contributed by atoms with Crippen molar-refractivity contribution in [2.75, 3.05) is 20.3 Å². The van der Waals surface area contributed by atoms with Gasteiger partial charge in [-0.25, -0.2) is 0 Å². The van der Waals surface area contributed by atoms with Crippen molar-refractivity contribution in [2.24, 2.45) is 11.8 Å². The third kappa shape index (κ3) is 4.52. The van der Waals surface area contributed by atoms with Crippen LogP contribution in [0.25, 0.3) is 0 Å². The van der Waals surface area contributed by atoms with Crippen molar-refractivity contribution in [3.05, 3.63) is 11.6 Å². The SMILES string of the molecule is COCC(C)/C=C(/CO)C(C)C. The van der Waals surface area contributed by atoms with E-state index in [1.807, 2.05) is 0 Å². The first-order valence-electron chi connectivity index (χ1n) is 4.42. The molecule has 0 aromatic carbocycles. The summed E-state index contributed by atoms with van der Waals surface area (Å²) in [6, 6.07) is 0. The molecule has 0 spiro atoms. The van der Waals surface area contributed by atoms with E-state index in [1.165, 1.54) is 0 Å². The van der Waals surface area contributed by atoms with Crippen LogP contribution in [-0.4, -0.2) is 25.4 Å². The van der Waals surface area contributed by atoms with E-state index in [2.05, 4.69) is 26.8 Å². The van der Waals surface area contributed by atoms with E-state index in [4.69, 9.17) is 9.84 Å². The highest BCUT2D eigenvalue weighted by Gasteiger charge is 2.04. The van der Waals surface area contributed by atoms with Gasteiger partial charge in [-0.15, -0.1) is 0 Å². The van der Waals surface area contributed by atoms with Gasteiger partial charge in [-0.2, -0.15) is 0 Å². The maximum atomic E-state index is 9.00. The molecule has 0 saturated carbocycles. The monoisotopic (exact) mass is 172 g/mol. The number of hydrogen-bond acceptors (Lipinski definition) is 2. The normalized spacial score (nSPS) is 15.3. The van der Waals surface area contributed by atoms with Crippen molar-refractivity contribution in [1.82, 2.24) is 0 Å². The smallest absolute Gasteiger partial charge is 0.0644 e. The maximum absolute atomic E-state index is 9.00. The Kier molecular flexibility index (Phi) is 6.03. The van der Waals surface area contributed by atoms with Gasteiger partial charge in [0, 0.05) is 7.11 Å². The third-order valence-corrected chi connectivity index (χ3v) is 1.85. The first-order valence-corrected chi connectivity index (χ1v) is 4.42. The van der Waals surface area contributed by atoms with E-state index in [9.17, 15) is 0 Å². The van der Waals surface area contributed by atoms with Gasteiger partial charge in [0.2, 0.25) is 0 Å². The lowest BCUT2D eigenvalue weighted by atomic mass is 9.99. The van der Waals surface area contributed by atoms with E-state index < -0.39 is 0 Å². The molecule has 0 bridgehead atoms. The van der Waals surface area contributed by atoms with Crippen LogP contribution in [-0.2, 0) is 4.74 Å². The summed E-state index contributed by atoms with van der Waals surface area (Å²) in [6.45, 7) is 7.13. The van der Waals surface area contributed by atoms with Crippen LogP contribution in [0.2, 0.25) is 0 Å². The number of methoxy groups -OCH3 is 1. The van der Waals surface area contributed by atoms with E-state index in [0.717, 1.165) is 12.2 Å². The molecule has 1 unspecified atom stereocenters. The fourth-order valence-corrected chi connectivity index (χ4v) is 1.10. The fourth-order valence-electron chi connectivity index (χ4n) is 1.10. The van der Waals surface area contributed by atoms with Gasteiger partial charge in [0.15, 0.2) is 0 Å². The molecule has 0 aromatic rings. The molecule has 0 heterocycles. The van der Waals surface area contributed by atoms with Crippen molar-refractivity contribution in [1.29, 1.82) is 0 Å². The minimum Gasteiger partial charge on any atom is -0.392 e. The molecule has 0 aromatic heterocycles. The highest BCUT2D eigenvalue weighted by molar-refractivity contribution is 5.06. The van der Waals surface area contributed by atoms with Crippen LogP contribution in [0, 0.1) is 11.8 Å². The highest BCUT2D eigenvalue weighted by Crippen LogP contribution is 2.12. The van der Waals surface area contributed by atoms with Gasteiger partial charge in [-0.1, -0.05) is 26.8 Å². The molecule has 0 amide bonds. The molecular formula is C10H20O2. The summed E-state index contributed by atoms with van der Waals surface area (Å²) in [4.78, 5) is 0. The Bertz CT molecular complexity index is 139. The van der Waals surface area contributed by atoms with Gasteiger partial charge in [-0.3, -0.25) is 0 Å². The molecule has 2 nitrogen and oxygen atoms in total. The summed E-state index contributed by atoms with van der Waals surface area (Å²) in [5.74, 6) is 0.814. The largest absolute Gasteiger partial charge is 0.392 e. The lowest BCUT2D eigenvalue weighted by molar-refractivity contribution is 0.175. The second-order valence-corrected chi connectivity index (χ2v) is 3.49. The average Bonchev–Trinajstić information content (AvgIpc) is 2.00. The third-order valence-electron chi connectivity index (χ3n) is 1.85. The Morgan fingerprint density at radius 1 is 1.42 bits per heavy atom. The number of ether oxygens (including phenoxy) is 1. The summed E-state index contributed by atoms with van der Waals surface area (Å²) in [5.41, 5.74) is 1.10. The molecule has 0 aliphatic carbocycles. The molecule has 0 fully saturated rings. The predicted octanol–water partition coefficient (Wildman–Crippen LogP) is 1.84. The van der Waals surface area contributed by atoms with Crippen molar-refractivity contribution in [3.8, 4) is 0 Å². The number of hydrogen-bond donors (Lipinski definition) is 1. The Morgan fingerprint density at radius 2 is 2.00 bits per heavy atom. The van der Waals surface area contributed by atoms with Crippen LogP contribution in [0.5, 0.6) is 0 Å². The summed E-state index contributed by atoms with van der Waals surface area (Å²) < 4.78 is 5.00. The molecule has 2 heteroatoms. The molecule has 72 valence electrons. The topological polar surface area (TPSA) is 29.5 Å². The van der Waals surface area contributed by atoms with Crippen molar-refractivity contribution in [2.45, 2.75) is 20.8 Å². The predicted molar refractivity (Wildman–Crippen MR) is 51.0 cm³/mol. The first kappa shape index (κ1) is 11.7. The van der Waals surface area contributed by atoms with Crippen molar-refractivity contribution < 1.29 is 9.84 Å². The van der Waals surface area contributed by atoms with Crippen LogP contribution in [0.15, 0.2) is 11.6 Å². The number of rotatable bonds is 5. The average molecular weight is 172 g/mol. The van der Waals surface area contributed by atoms with E-state index in [0.29, 0.717) is 11.8 Å². The van der Waals surface area contributed by atoms with Crippen LogP contribution in [0.1, 0.15) is 20.8 Å². The Morgan fingerprint density at radius 3 is 2.33 bits per heavy atom. The van der Waals surface area contributed by atoms with Gasteiger partial charge in [-0.05, 0) is 17.4 Å². The van der Waals surface area contributed by atoms with E-state index in [-0.39, 0.29) is 6.61 Å². The van der Waals surface area contributed by atoms with Gasteiger partial charge < -0.3 is 9.84 Å². The molecule has 1 N–H and O–H groups in total. The molecule has 0 aliphatic heterocycles. The van der Waals surface area contributed by atoms with Gasteiger partial charge >= 0.3 is 0 Å². The summed E-state index contributed by atoms with van der Waals surface area (Å²) in [6.07, 6.45) is 2.09. The lowest BCUT2D eigenvalue weighted by Crippen LogP contribution is -2.06. The molecule has 12 heavy (non-hydrogen) atoms. The Labute approximate surface area is 75.2 Å². The molecule has 0 radical (unpaired) electrons. The van der Waals surface area contributed by atoms with Crippen LogP contribution in [0.4, 0.5) is 0 Å². The summed E-state index contributed by atoms with van der Waals surface area (Å²) in [5, 5.41) is 9.00. The highest BCUT2D eigenvalue weighted by atomic mass is 16.5. The van der Waals surface area contributed by atoms with E-state index in [1.54, 1.807) is 7.11 Å². The number of aliphatic hydroxyl groups is 1. The lowest BCUT2D eigenvalue weighted by Gasteiger charge is -2.11.